The average molecular weight is 1080 g/mol. The van der Waals surface area contributed by atoms with Gasteiger partial charge in [0.05, 0.1) is 12.2 Å². The molecule has 0 N–H and O–H groups in total. The third kappa shape index (κ3) is 16.7. The fourth-order valence-electron chi connectivity index (χ4n) is 9.94. The maximum atomic E-state index is 15.0. The van der Waals surface area contributed by atoms with Crippen LogP contribution in [-0.2, 0) is 89.8 Å². The van der Waals surface area contributed by atoms with E-state index in [4.69, 9.17) is 24.0 Å². The Hall–Kier alpha value is -6.63. The first-order valence-electron chi connectivity index (χ1n) is 27.4. The van der Waals surface area contributed by atoms with E-state index in [-0.39, 0.29) is 62.2 Å². The van der Waals surface area contributed by atoms with Crippen molar-refractivity contribution in [3.05, 3.63) is 88.7 Å². The number of carbonyl (C=O) groups excluding carboxylic acids is 8. The van der Waals surface area contributed by atoms with Crippen LogP contribution in [0.2, 0.25) is 0 Å². The Balaban J connectivity index is 1.57. The molecule has 5 rings (SSSR count). The maximum absolute atomic E-state index is 15.0. The van der Waals surface area contributed by atoms with E-state index < -0.39 is 96.1 Å². The minimum atomic E-state index is -1.52. The lowest BCUT2D eigenvalue weighted by Crippen LogP contribution is -2.55. The molecule has 2 aliphatic heterocycles. The largest absolute Gasteiger partial charge is 0.451 e. The smallest absolute Gasteiger partial charge is 0.329 e. The first-order valence-corrected chi connectivity index (χ1v) is 27.4. The van der Waals surface area contributed by atoms with Crippen LogP contribution in [-0.4, -0.2) is 166 Å². The summed E-state index contributed by atoms with van der Waals surface area (Å²) in [5.41, 5.74) is 4.43. The van der Waals surface area contributed by atoms with Crippen LogP contribution in [0.1, 0.15) is 123 Å². The van der Waals surface area contributed by atoms with Crippen molar-refractivity contribution in [2.24, 2.45) is 23.7 Å². The second-order valence-electron chi connectivity index (χ2n) is 23.1. The number of fused-ring (bicyclic) bond motifs is 1. The van der Waals surface area contributed by atoms with Crippen molar-refractivity contribution < 1.29 is 57.3 Å². The molecule has 19 heteroatoms. The summed E-state index contributed by atoms with van der Waals surface area (Å²) in [7, 11) is 7.64. The van der Waals surface area contributed by atoms with Gasteiger partial charge in [-0.3, -0.25) is 28.8 Å². The molecule has 2 aromatic carbocycles. The van der Waals surface area contributed by atoms with Gasteiger partial charge in [-0.05, 0) is 86.9 Å². The number of hydrogen-bond acceptors (Lipinski definition) is 14. The van der Waals surface area contributed by atoms with Crippen LogP contribution < -0.4 is 0 Å². The molecule has 0 unspecified atom stereocenters. The zero-order chi connectivity index (χ0) is 57.9. The number of likely N-dealkylation sites (N-methyl/N-ethyl adjacent to an activating group) is 4. The monoisotopic (exact) mass is 1080 g/mol. The molecule has 428 valence electrons. The van der Waals surface area contributed by atoms with Gasteiger partial charge in [-0.1, -0.05) is 110 Å². The maximum Gasteiger partial charge on any atom is 0.329 e. The highest BCUT2D eigenvalue weighted by Crippen LogP contribution is 2.25. The van der Waals surface area contributed by atoms with E-state index in [2.05, 4.69) is 4.90 Å². The van der Waals surface area contributed by atoms with E-state index in [1.807, 2.05) is 97.6 Å². The van der Waals surface area contributed by atoms with Gasteiger partial charge in [-0.25, -0.2) is 19.2 Å². The molecule has 8 atom stereocenters. The molecule has 2 aliphatic rings. The lowest BCUT2D eigenvalue weighted by molar-refractivity contribution is -0.176. The lowest BCUT2D eigenvalue weighted by atomic mass is 9.99. The fourth-order valence-corrected chi connectivity index (χ4v) is 9.94. The summed E-state index contributed by atoms with van der Waals surface area (Å²) in [6.45, 7) is 19.7. The first kappa shape index (κ1) is 62.2. The van der Waals surface area contributed by atoms with Crippen molar-refractivity contribution in [1.29, 1.82) is 0 Å². The lowest BCUT2D eigenvalue weighted by Gasteiger charge is -2.35. The van der Waals surface area contributed by atoms with Crippen molar-refractivity contribution in [1.82, 2.24) is 34.3 Å². The van der Waals surface area contributed by atoms with E-state index in [0.717, 1.165) is 39.0 Å². The summed E-state index contributed by atoms with van der Waals surface area (Å²) in [5, 5.41) is 4.75. The molecule has 4 amide bonds. The topological polar surface area (TPSA) is 208 Å². The summed E-state index contributed by atoms with van der Waals surface area (Å²) in [4.78, 5) is 123. The summed E-state index contributed by atoms with van der Waals surface area (Å²) < 4.78 is 26.0. The quantitative estimate of drug-likeness (QED) is 0.137. The first-order chi connectivity index (χ1) is 36.6. The van der Waals surface area contributed by atoms with E-state index in [1.165, 1.54) is 52.5 Å². The Morgan fingerprint density at radius 1 is 0.462 bits per heavy atom. The van der Waals surface area contributed by atoms with Crippen molar-refractivity contribution in [3.63, 3.8) is 0 Å². The second kappa shape index (κ2) is 27.8. The highest BCUT2D eigenvalue weighted by Gasteiger charge is 2.43. The number of carbonyl (C=O) groups is 8. The van der Waals surface area contributed by atoms with Gasteiger partial charge in [-0.2, -0.15) is 5.10 Å². The molecule has 78 heavy (non-hydrogen) atoms. The van der Waals surface area contributed by atoms with Crippen molar-refractivity contribution in [3.8, 4) is 0 Å². The number of hydrogen-bond donors (Lipinski definition) is 0. The predicted molar refractivity (Wildman–Crippen MR) is 292 cm³/mol. The molecule has 3 heterocycles. The Kier molecular flexibility index (Phi) is 22.2. The fraction of sp³-hybridized carbons (Fsp3) is 0.610. The highest BCUT2D eigenvalue weighted by molar-refractivity contribution is 5.94. The zero-order valence-electron chi connectivity index (χ0n) is 48.6. The summed E-state index contributed by atoms with van der Waals surface area (Å²) in [6, 6.07) is 11.3. The van der Waals surface area contributed by atoms with Crippen LogP contribution in [0.3, 0.4) is 0 Å². The molecular formula is C59H85N7O12. The third-order valence-electron chi connectivity index (χ3n) is 14.3. The van der Waals surface area contributed by atoms with Gasteiger partial charge in [0, 0.05) is 65.9 Å². The Morgan fingerprint density at radius 2 is 0.808 bits per heavy atom. The van der Waals surface area contributed by atoms with E-state index >= 15 is 4.79 Å². The summed E-state index contributed by atoms with van der Waals surface area (Å²) in [5.74, 6) is -7.26. The van der Waals surface area contributed by atoms with E-state index in [1.54, 1.807) is 30.3 Å². The van der Waals surface area contributed by atoms with Gasteiger partial charge in [0.25, 0.3) is 23.6 Å². The minimum Gasteiger partial charge on any atom is -0.451 e. The molecule has 3 aromatic rings. The van der Waals surface area contributed by atoms with Crippen LogP contribution in [0.4, 0.5) is 0 Å². The molecule has 1 fully saturated rings. The average Bonchev–Trinajstić information content (AvgIpc) is 3.93. The molecule has 0 saturated carbocycles. The van der Waals surface area contributed by atoms with Gasteiger partial charge in [-0.15, -0.1) is 0 Å². The predicted octanol–water partition coefficient (Wildman–Crippen LogP) is 5.86. The molecule has 1 saturated heterocycles. The SMILES string of the molecule is CC(C)C[C@H]1C(=O)O[C@H](Cc2ccc(Cn3cc4c(n3)CN(C)C4)cc2)C(=O)N(C)[C@@H](CC(C)C)C(=O)O[C@H](C)C(=O)N(C)[C@@H](CC(C)C)C(=O)O[C@H](Cc2ccccc2)C(=O)N(C)[C@@H](CC(C)C)C(=O)O[C@H](C)C(=O)N1C. The molecule has 0 spiro atoms. The number of aromatic nitrogens is 2. The van der Waals surface area contributed by atoms with Gasteiger partial charge in [0.2, 0.25) is 0 Å². The Morgan fingerprint density at radius 3 is 1.18 bits per heavy atom. The van der Waals surface area contributed by atoms with E-state index in [0.29, 0.717) is 17.7 Å². The van der Waals surface area contributed by atoms with Gasteiger partial charge < -0.3 is 38.5 Å². The van der Waals surface area contributed by atoms with Gasteiger partial charge in [0.1, 0.15) is 24.2 Å². The van der Waals surface area contributed by atoms with Gasteiger partial charge in [0.15, 0.2) is 24.4 Å². The zero-order valence-corrected chi connectivity index (χ0v) is 48.6. The molecule has 19 nitrogen and oxygen atoms in total. The molecule has 0 aliphatic carbocycles. The number of rotatable bonds is 14. The van der Waals surface area contributed by atoms with Crippen LogP contribution >= 0.6 is 0 Å². The number of amides is 4. The second-order valence-corrected chi connectivity index (χ2v) is 23.1. The number of benzene rings is 2. The summed E-state index contributed by atoms with van der Waals surface area (Å²) in [6.07, 6.45) is -3.72. The number of esters is 4. The standard InChI is InChI=1S/C59H85N7O12/c1-35(2)25-46-56(71)75-40(10)53(68)63(13)49(28-38(7)8)59(74)78-51(30-42-21-23-43(24-22-42)31-66-33-44-32-61(11)34-45(44)60-66)55(70)65(15)47(26-36(3)4)57(72)76-39(9)52(67)62(12)48(27-37(5)6)58(73)77-50(54(69)64(46)14)29-41-19-17-16-18-20-41/h16-24,33,35-40,46-51H,25-32,34H2,1-15H3/t39-,40-,46+,47+,48+,49+,50-,51-/m1/s1. The molecular weight excluding hydrogens is 999 g/mol. The minimum absolute atomic E-state index is 0.0879. The number of nitrogens with zero attached hydrogens (tertiary/aromatic N) is 7. The molecule has 1 aromatic heterocycles. The molecule has 0 radical (unpaired) electrons. The van der Waals surface area contributed by atoms with E-state index in [9.17, 15) is 33.6 Å². The van der Waals surface area contributed by atoms with Crippen LogP contribution in [0.25, 0.3) is 0 Å². The Bertz CT molecular complexity index is 2520. The Labute approximate surface area is 461 Å². The number of ether oxygens (including phenoxy) is 4. The molecule has 0 bridgehead atoms. The number of cyclic esters (lactones) is 4. The van der Waals surface area contributed by atoms with Crippen LogP contribution in [0, 0.1) is 23.7 Å². The summed E-state index contributed by atoms with van der Waals surface area (Å²) >= 11 is 0. The van der Waals surface area contributed by atoms with Crippen molar-refractivity contribution in [2.45, 2.75) is 176 Å². The van der Waals surface area contributed by atoms with Crippen LogP contribution in [0.15, 0.2) is 60.8 Å². The van der Waals surface area contributed by atoms with Crippen LogP contribution in [0.5, 0.6) is 0 Å². The van der Waals surface area contributed by atoms with Crippen molar-refractivity contribution >= 4 is 47.5 Å². The highest BCUT2D eigenvalue weighted by atomic mass is 16.6. The van der Waals surface area contributed by atoms with Crippen molar-refractivity contribution in [2.75, 3.05) is 35.2 Å². The third-order valence-corrected chi connectivity index (χ3v) is 14.3. The normalized spacial score (nSPS) is 24.5. The van der Waals surface area contributed by atoms with Gasteiger partial charge >= 0.3 is 23.9 Å².